The van der Waals surface area contributed by atoms with E-state index in [0.29, 0.717) is 23.4 Å². The molecule has 1 aliphatic heterocycles. The first-order valence-electron chi connectivity index (χ1n) is 8.02. The highest BCUT2D eigenvalue weighted by Gasteiger charge is 2.35. The van der Waals surface area contributed by atoms with Crippen molar-refractivity contribution in [1.82, 2.24) is 4.90 Å². The predicted octanol–water partition coefficient (Wildman–Crippen LogP) is 2.83. The lowest BCUT2D eigenvalue weighted by Crippen LogP contribution is -2.41. The molecule has 1 saturated heterocycles. The van der Waals surface area contributed by atoms with Gasteiger partial charge in [0.05, 0.1) is 0 Å². The molecule has 0 radical (unpaired) electrons. The SMILES string of the molecule is Nc1cccc(OCC(=O)N2CCCC2C2CCCC2)c1. The van der Waals surface area contributed by atoms with Gasteiger partial charge < -0.3 is 15.4 Å². The molecule has 1 heterocycles. The van der Waals surface area contributed by atoms with Crippen LogP contribution >= 0.6 is 0 Å². The molecule has 1 unspecified atom stereocenters. The van der Waals surface area contributed by atoms with Crippen LogP contribution in [0.15, 0.2) is 24.3 Å². The Morgan fingerprint density at radius 1 is 1.24 bits per heavy atom. The van der Waals surface area contributed by atoms with Crippen molar-refractivity contribution >= 4 is 11.6 Å². The van der Waals surface area contributed by atoms with E-state index in [0.717, 1.165) is 19.4 Å². The van der Waals surface area contributed by atoms with Gasteiger partial charge in [-0.15, -0.1) is 0 Å². The molecule has 21 heavy (non-hydrogen) atoms. The Kier molecular flexibility index (Phi) is 4.32. The predicted molar refractivity (Wildman–Crippen MR) is 83.0 cm³/mol. The maximum Gasteiger partial charge on any atom is 0.260 e. The topological polar surface area (TPSA) is 55.6 Å². The molecule has 4 nitrogen and oxygen atoms in total. The van der Waals surface area contributed by atoms with Gasteiger partial charge >= 0.3 is 0 Å². The van der Waals surface area contributed by atoms with Gasteiger partial charge in [0.25, 0.3) is 5.91 Å². The van der Waals surface area contributed by atoms with Crippen LogP contribution in [0, 0.1) is 5.92 Å². The number of hydrogen-bond donors (Lipinski definition) is 1. The van der Waals surface area contributed by atoms with Gasteiger partial charge in [-0.3, -0.25) is 4.79 Å². The van der Waals surface area contributed by atoms with Crippen molar-refractivity contribution < 1.29 is 9.53 Å². The standard InChI is InChI=1S/C17H24N2O2/c18-14-7-3-8-15(11-14)21-12-17(20)19-10-4-9-16(19)13-5-1-2-6-13/h3,7-8,11,13,16H,1-2,4-6,9-10,12,18H2. The second-order valence-corrected chi connectivity index (χ2v) is 6.20. The van der Waals surface area contributed by atoms with Crippen LogP contribution in [0.2, 0.25) is 0 Å². The summed E-state index contributed by atoms with van der Waals surface area (Å²) in [5, 5.41) is 0. The Morgan fingerprint density at radius 2 is 2.05 bits per heavy atom. The number of carbonyl (C=O) groups excluding carboxylic acids is 1. The van der Waals surface area contributed by atoms with Crippen molar-refractivity contribution in [2.24, 2.45) is 5.92 Å². The number of nitrogens with two attached hydrogens (primary N) is 1. The number of nitrogen functional groups attached to an aromatic ring is 1. The Labute approximate surface area is 126 Å². The molecular weight excluding hydrogens is 264 g/mol. The van der Waals surface area contributed by atoms with Gasteiger partial charge in [0.2, 0.25) is 0 Å². The lowest BCUT2D eigenvalue weighted by molar-refractivity contribution is -0.135. The summed E-state index contributed by atoms with van der Waals surface area (Å²) in [6.45, 7) is 1.01. The highest BCUT2D eigenvalue weighted by atomic mass is 16.5. The number of anilines is 1. The first-order valence-corrected chi connectivity index (χ1v) is 8.02. The van der Waals surface area contributed by atoms with E-state index >= 15 is 0 Å². The Hall–Kier alpha value is -1.71. The fourth-order valence-electron chi connectivity index (χ4n) is 3.77. The van der Waals surface area contributed by atoms with Gasteiger partial charge in [-0.05, 0) is 43.7 Å². The average molecular weight is 288 g/mol. The Bertz CT molecular complexity index is 497. The van der Waals surface area contributed by atoms with E-state index in [1.165, 1.54) is 25.7 Å². The molecular formula is C17H24N2O2. The molecule has 2 fully saturated rings. The maximum atomic E-state index is 12.4. The monoisotopic (exact) mass is 288 g/mol. The van der Waals surface area contributed by atoms with Crippen LogP contribution in [0.5, 0.6) is 5.75 Å². The van der Waals surface area contributed by atoms with Crippen molar-refractivity contribution in [3.63, 3.8) is 0 Å². The number of rotatable bonds is 4. The van der Waals surface area contributed by atoms with Crippen molar-refractivity contribution in [2.45, 2.75) is 44.6 Å². The summed E-state index contributed by atoms with van der Waals surface area (Å²) in [6.07, 6.45) is 7.50. The molecule has 114 valence electrons. The van der Waals surface area contributed by atoms with E-state index in [1.54, 1.807) is 6.07 Å². The highest BCUT2D eigenvalue weighted by molar-refractivity contribution is 5.78. The van der Waals surface area contributed by atoms with Crippen molar-refractivity contribution in [2.75, 3.05) is 18.9 Å². The van der Waals surface area contributed by atoms with Crippen LogP contribution in [0.4, 0.5) is 5.69 Å². The van der Waals surface area contributed by atoms with Crippen LogP contribution in [0.1, 0.15) is 38.5 Å². The summed E-state index contributed by atoms with van der Waals surface area (Å²) in [5.41, 5.74) is 6.37. The first kappa shape index (κ1) is 14.2. The second kappa shape index (κ2) is 6.37. The smallest absolute Gasteiger partial charge is 0.260 e. The normalized spacial score (nSPS) is 22.7. The quantitative estimate of drug-likeness (QED) is 0.867. The minimum Gasteiger partial charge on any atom is -0.484 e. The van der Waals surface area contributed by atoms with E-state index in [1.807, 2.05) is 18.2 Å². The van der Waals surface area contributed by atoms with Gasteiger partial charge in [-0.2, -0.15) is 0 Å². The minimum absolute atomic E-state index is 0.117. The molecule has 1 aromatic rings. The number of benzene rings is 1. The number of ether oxygens (including phenoxy) is 1. The molecule has 1 aromatic carbocycles. The van der Waals surface area contributed by atoms with Crippen molar-refractivity contribution in [3.05, 3.63) is 24.3 Å². The van der Waals surface area contributed by atoms with Crippen LogP contribution in [0.25, 0.3) is 0 Å². The average Bonchev–Trinajstić information content (AvgIpc) is 3.14. The summed E-state index contributed by atoms with van der Waals surface area (Å²) < 4.78 is 5.60. The van der Waals surface area contributed by atoms with Gasteiger partial charge in [0, 0.05) is 24.3 Å². The molecule has 2 aliphatic rings. The minimum atomic E-state index is 0.117. The van der Waals surface area contributed by atoms with E-state index in [-0.39, 0.29) is 12.5 Å². The van der Waals surface area contributed by atoms with Gasteiger partial charge in [0.1, 0.15) is 5.75 Å². The largest absolute Gasteiger partial charge is 0.484 e. The van der Waals surface area contributed by atoms with Gasteiger partial charge in [-0.25, -0.2) is 0 Å². The van der Waals surface area contributed by atoms with E-state index in [2.05, 4.69) is 4.90 Å². The van der Waals surface area contributed by atoms with Crippen molar-refractivity contribution in [1.29, 1.82) is 0 Å². The van der Waals surface area contributed by atoms with E-state index in [9.17, 15) is 4.79 Å². The second-order valence-electron chi connectivity index (χ2n) is 6.20. The summed E-state index contributed by atoms with van der Waals surface area (Å²) in [5.74, 6) is 1.50. The number of carbonyl (C=O) groups is 1. The van der Waals surface area contributed by atoms with Crippen LogP contribution in [-0.2, 0) is 4.79 Å². The summed E-state index contributed by atoms with van der Waals surface area (Å²) in [6, 6.07) is 7.69. The third-order valence-corrected chi connectivity index (χ3v) is 4.78. The lowest BCUT2D eigenvalue weighted by Gasteiger charge is -2.29. The van der Waals surface area contributed by atoms with Crippen LogP contribution in [-0.4, -0.2) is 30.0 Å². The molecule has 3 rings (SSSR count). The number of hydrogen-bond acceptors (Lipinski definition) is 3. The molecule has 1 atom stereocenters. The molecule has 1 aliphatic carbocycles. The number of nitrogens with zero attached hydrogens (tertiary/aromatic N) is 1. The van der Waals surface area contributed by atoms with Crippen molar-refractivity contribution in [3.8, 4) is 5.75 Å². The maximum absolute atomic E-state index is 12.4. The van der Waals surface area contributed by atoms with Gasteiger partial charge in [-0.1, -0.05) is 18.9 Å². The zero-order valence-electron chi connectivity index (χ0n) is 12.5. The third-order valence-electron chi connectivity index (χ3n) is 4.78. The zero-order chi connectivity index (χ0) is 14.7. The highest BCUT2D eigenvalue weighted by Crippen LogP contribution is 2.35. The fourth-order valence-corrected chi connectivity index (χ4v) is 3.77. The molecule has 1 amide bonds. The third kappa shape index (κ3) is 3.31. The van der Waals surface area contributed by atoms with Crippen LogP contribution in [0.3, 0.4) is 0 Å². The molecule has 0 aromatic heterocycles. The molecule has 0 bridgehead atoms. The zero-order valence-corrected chi connectivity index (χ0v) is 12.5. The molecule has 2 N–H and O–H groups in total. The van der Waals surface area contributed by atoms with Crippen LogP contribution < -0.4 is 10.5 Å². The van der Waals surface area contributed by atoms with E-state index < -0.39 is 0 Å². The fraction of sp³-hybridized carbons (Fsp3) is 0.588. The first-order chi connectivity index (χ1) is 10.2. The Morgan fingerprint density at radius 3 is 2.81 bits per heavy atom. The van der Waals surface area contributed by atoms with E-state index in [4.69, 9.17) is 10.5 Å². The lowest BCUT2D eigenvalue weighted by atomic mass is 9.96. The summed E-state index contributed by atoms with van der Waals surface area (Å²) >= 11 is 0. The number of amides is 1. The Balaban J connectivity index is 1.56. The summed E-state index contributed by atoms with van der Waals surface area (Å²) in [4.78, 5) is 14.5. The molecule has 0 spiro atoms. The number of likely N-dealkylation sites (tertiary alicyclic amines) is 1. The molecule has 4 heteroatoms. The van der Waals surface area contributed by atoms with Gasteiger partial charge in [0.15, 0.2) is 6.61 Å². The summed E-state index contributed by atoms with van der Waals surface area (Å²) in [7, 11) is 0. The molecule has 1 saturated carbocycles.